The smallest absolute Gasteiger partial charge is 0.221 e. The Morgan fingerprint density at radius 1 is 1.35 bits per heavy atom. The van der Waals surface area contributed by atoms with Crippen LogP contribution >= 0.6 is 11.3 Å². The molecule has 106 valence electrons. The zero-order valence-electron chi connectivity index (χ0n) is 11.7. The number of aromatic nitrogens is 1. The van der Waals surface area contributed by atoms with Crippen molar-refractivity contribution in [3.05, 3.63) is 51.8 Å². The minimum atomic E-state index is -0.255. The molecule has 0 radical (unpaired) electrons. The molecule has 20 heavy (non-hydrogen) atoms. The van der Waals surface area contributed by atoms with Crippen LogP contribution in [0.25, 0.3) is 0 Å². The second-order valence-electron chi connectivity index (χ2n) is 4.79. The monoisotopic (exact) mass is 289 g/mol. The van der Waals surface area contributed by atoms with E-state index in [0.717, 1.165) is 16.1 Å². The first-order valence-corrected chi connectivity index (χ1v) is 7.39. The van der Waals surface area contributed by atoms with Crippen molar-refractivity contribution >= 4 is 17.2 Å². The second kappa shape index (κ2) is 6.52. The molecule has 0 saturated carbocycles. The van der Waals surface area contributed by atoms with Gasteiger partial charge in [0.2, 0.25) is 5.91 Å². The van der Waals surface area contributed by atoms with Crippen LogP contribution in [-0.2, 0) is 24.7 Å². The first kappa shape index (κ1) is 14.5. The van der Waals surface area contributed by atoms with E-state index in [1.165, 1.54) is 0 Å². The van der Waals surface area contributed by atoms with Crippen molar-refractivity contribution in [3.63, 3.8) is 0 Å². The van der Waals surface area contributed by atoms with Gasteiger partial charge in [0.1, 0.15) is 0 Å². The van der Waals surface area contributed by atoms with E-state index in [4.69, 9.17) is 5.73 Å². The van der Waals surface area contributed by atoms with Gasteiger partial charge in [-0.15, -0.1) is 11.3 Å². The highest BCUT2D eigenvalue weighted by Gasteiger charge is 2.18. The molecule has 0 bridgehead atoms. The molecule has 1 aromatic carbocycles. The van der Waals surface area contributed by atoms with Gasteiger partial charge in [0.15, 0.2) is 4.80 Å². The van der Waals surface area contributed by atoms with Gasteiger partial charge in [-0.05, 0) is 12.0 Å². The summed E-state index contributed by atoms with van der Waals surface area (Å²) in [7, 11) is 3.74. The SMILES string of the molecule is CN=c1scc(C[C@@H](Cc2ccccc2)C(N)=O)n1C. The van der Waals surface area contributed by atoms with Crippen LogP contribution in [-0.4, -0.2) is 17.5 Å². The number of benzene rings is 1. The van der Waals surface area contributed by atoms with E-state index >= 15 is 0 Å². The van der Waals surface area contributed by atoms with Crippen LogP contribution in [0.5, 0.6) is 0 Å². The number of amides is 1. The predicted molar refractivity (Wildman–Crippen MR) is 81.3 cm³/mol. The number of primary amides is 1. The molecule has 0 aliphatic rings. The maximum atomic E-state index is 11.7. The maximum Gasteiger partial charge on any atom is 0.221 e. The van der Waals surface area contributed by atoms with Crippen LogP contribution in [0.15, 0.2) is 40.7 Å². The Morgan fingerprint density at radius 2 is 2.05 bits per heavy atom. The molecule has 1 atom stereocenters. The van der Waals surface area contributed by atoms with Crippen molar-refractivity contribution < 1.29 is 4.79 Å². The molecular weight excluding hydrogens is 270 g/mol. The summed E-state index contributed by atoms with van der Waals surface area (Å²) >= 11 is 1.58. The van der Waals surface area contributed by atoms with E-state index in [2.05, 4.69) is 4.99 Å². The number of carbonyl (C=O) groups excluding carboxylic acids is 1. The van der Waals surface area contributed by atoms with Gasteiger partial charge in [0.05, 0.1) is 0 Å². The fourth-order valence-corrected chi connectivity index (χ4v) is 3.09. The van der Waals surface area contributed by atoms with Crippen molar-refractivity contribution in [1.82, 2.24) is 4.57 Å². The number of carbonyl (C=O) groups is 1. The van der Waals surface area contributed by atoms with Crippen LogP contribution in [0.2, 0.25) is 0 Å². The van der Waals surface area contributed by atoms with E-state index in [1.54, 1.807) is 18.4 Å². The Morgan fingerprint density at radius 3 is 2.60 bits per heavy atom. The average Bonchev–Trinajstić information content (AvgIpc) is 2.80. The van der Waals surface area contributed by atoms with Crippen LogP contribution in [0.1, 0.15) is 11.3 Å². The third-order valence-corrected chi connectivity index (χ3v) is 4.45. The van der Waals surface area contributed by atoms with E-state index in [0.29, 0.717) is 12.8 Å². The number of nitrogens with two attached hydrogens (primary N) is 1. The fourth-order valence-electron chi connectivity index (χ4n) is 2.21. The van der Waals surface area contributed by atoms with Crippen molar-refractivity contribution in [2.45, 2.75) is 12.8 Å². The van der Waals surface area contributed by atoms with Crippen molar-refractivity contribution in [1.29, 1.82) is 0 Å². The Labute approximate surface area is 122 Å². The summed E-state index contributed by atoms with van der Waals surface area (Å²) in [6.45, 7) is 0. The van der Waals surface area contributed by atoms with Crippen LogP contribution in [0.3, 0.4) is 0 Å². The van der Waals surface area contributed by atoms with Crippen LogP contribution < -0.4 is 10.5 Å². The Kier molecular flexibility index (Phi) is 4.74. The van der Waals surface area contributed by atoms with E-state index in [9.17, 15) is 4.79 Å². The minimum absolute atomic E-state index is 0.192. The Balaban J connectivity index is 2.18. The molecule has 2 rings (SSSR count). The third kappa shape index (κ3) is 3.36. The molecule has 0 aliphatic heterocycles. The number of hydrogen-bond donors (Lipinski definition) is 1. The standard InChI is InChI=1S/C15H19N3OS/c1-17-15-18(2)13(10-20-15)9-12(14(16)19)8-11-6-4-3-5-7-11/h3-7,10,12H,8-9H2,1-2H3,(H2,16,19)/t12-/m1/s1. The Hall–Kier alpha value is -1.88. The summed E-state index contributed by atoms with van der Waals surface area (Å²) in [6, 6.07) is 9.97. The highest BCUT2D eigenvalue weighted by atomic mass is 32.1. The van der Waals surface area contributed by atoms with Crippen LogP contribution in [0, 0.1) is 5.92 Å². The molecule has 0 saturated heterocycles. The highest BCUT2D eigenvalue weighted by Crippen LogP contribution is 2.15. The lowest BCUT2D eigenvalue weighted by Gasteiger charge is -2.13. The topological polar surface area (TPSA) is 60.4 Å². The summed E-state index contributed by atoms with van der Waals surface area (Å²) < 4.78 is 2.02. The van der Waals surface area contributed by atoms with E-state index < -0.39 is 0 Å². The Bertz CT molecular complexity index is 643. The second-order valence-corrected chi connectivity index (χ2v) is 5.62. The molecular formula is C15H19N3OS. The molecule has 0 unspecified atom stereocenters. The van der Waals surface area contributed by atoms with Crippen molar-refractivity contribution in [2.24, 2.45) is 23.7 Å². The number of rotatable bonds is 5. The lowest BCUT2D eigenvalue weighted by molar-refractivity contribution is -0.121. The van der Waals surface area contributed by atoms with E-state index in [-0.39, 0.29) is 11.8 Å². The first-order chi connectivity index (χ1) is 9.61. The highest BCUT2D eigenvalue weighted by molar-refractivity contribution is 7.07. The minimum Gasteiger partial charge on any atom is -0.369 e. The molecule has 0 fully saturated rings. The molecule has 0 aliphatic carbocycles. The molecule has 0 spiro atoms. The molecule has 1 amide bonds. The fraction of sp³-hybridized carbons (Fsp3) is 0.333. The predicted octanol–water partition coefficient (Wildman–Crippen LogP) is 1.50. The zero-order chi connectivity index (χ0) is 14.5. The van der Waals surface area contributed by atoms with Crippen LogP contribution in [0.4, 0.5) is 0 Å². The molecule has 2 N–H and O–H groups in total. The summed E-state index contributed by atoms with van der Waals surface area (Å²) in [6.07, 6.45) is 1.32. The summed E-state index contributed by atoms with van der Waals surface area (Å²) in [4.78, 5) is 16.8. The first-order valence-electron chi connectivity index (χ1n) is 6.51. The lowest BCUT2D eigenvalue weighted by Crippen LogP contribution is -2.28. The zero-order valence-corrected chi connectivity index (χ0v) is 12.6. The summed E-state index contributed by atoms with van der Waals surface area (Å²) in [5.41, 5.74) is 7.78. The number of nitrogens with zero attached hydrogens (tertiary/aromatic N) is 2. The van der Waals surface area contributed by atoms with E-state index in [1.807, 2.05) is 47.3 Å². The van der Waals surface area contributed by atoms with Crippen molar-refractivity contribution in [3.8, 4) is 0 Å². The largest absolute Gasteiger partial charge is 0.369 e. The van der Waals surface area contributed by atoms with Gasteiger partial charge in [-0.25, -0.2) is 0 Å². The van der Waals surface area contributed by atoms with Gasteiger partial charge < -0.3 is 10.3 Å². The molecule has 4 nitrogen and oxygen atoms in total. The van der Waals surface area contributed by atoms with Crippen molar-refractivity contribution in [2.75, 3.05) is 7.05 Å². The number of thiazole rings is 1. The molecule has 5 heteroatoms. The van der Waals surface area contributed by atoms with Gasteiger partial charge in [-0.2, -0.15) is 0 Å². The van der Waals surface area contributed by atoms with Gasteiger partial charge in [-0.1, -0.05) is 30.3 Å². The quantitative estimate of drug-likeness (QED) is 0.891. The lowest BCUT2D eigenvalue weighted by atomic mass is 9.94. The van der Waals surface area contributed by atoms with Gasteiger partial charge in [-0.3, -0.25) is 9.79 Å². The maximum absolute atomic E-state index is 11.7. The molecule has 1 aromatic heterocycles. The molecule has 2 aromatic rings. The average molecular weight is 289 g/mol. The van der Waals surface area contributed by atoms with Gasteiger partial charge >= 0.3 is 0 Å². The normalized spacial score (nSPS) is 13.4. The number of hydrogen-bond acceptors (Lipinski definition) is 3. The van der Waals surface area contributed by atoms with Gasteiger partial charge in [0, 0.05) is 37.5 Å². The molecule has 1 heterocycles. The third-order valence-electron chi connectivity index (χ3n) is 3.39. The summed E-state index contributed by atoms with van der Waals surface area (Å²) in [5.74, 6) is -0.446. The van der Waals surface area contributed by atoms with Gasteiger partial charge in [0.25, 0.3) is 0 Å². The summed E-state index contributed by atoms with van der Waals surface area (Å²) in [5, 5.41) is 2.04.